The second kappa shape index (κ2) is 9.02. The number of nitrogens with one attached hydrogen (secondary N) is 2. The quantitative estimate of drug-likeness (QED) is 0.668. The normalized spacial score (nSPS) is 13.2. The van der Waals surface area contributed by atoms with Crippen molar-refractivity contribution in [1.82, 2.24) is 0 Å². The van der Waals surface area contributed by atoms with E-state index in [1.54, 1.807) is 50.2 Å². The molecule has 0 aliphatic heterocycles. The largest absolute Gasteiger partial charge is 0.324 e. The molecule has 0 radical (unpaired) electrons. The first-order valence-corrected chi connectivity index (χ1v) is 9.66. The van der Waals surface area contributed by atoms with Crippen molar-refractivity contribution in [3.8, 4) is 0 Å². The minimum Gasteiger partial charge on any atom is -0.324 e. The van der Waals surface area contributed by atoms with Gasteiger partial charge in [-0.2, -0.15) is 0 Å². The van der Waals surface area contributed by atoms with Crippen molar-refractivity contribution < 1.29 is 13.2 Å². The van der Waals surface area contributed by atoms with Gasteiger partial charge in [-0.3, -0.25) is 9.52 Å². The molecule has 0 spiro atoms. The highest BCUT2D eigenvalue weighted by molar-refractivity contribution is 7.92. The van der Waals surface area contributed by atoms with Crippen LogP contribution in [-0.2, 0) is 20.4 Å². The van der Waals surface area contributed by atoms with Gasteiger partial charge in [0, 0.05) is 11.4 Å². The zero-order valence-corrected chi connectivity index (χ0v) is 16.4. The van der Waals surface area contributed by atoms with Gasteiger partial charge < -0.3 is 11.1 Å². The summed E-state index contributed by atoms with van der Waals surface area (Å²) in [6.45, 7) is 3.44. The number of nitrogens with two attached hydrogens (primary N) is 1. The van der Waals surface area contributed by atoms with Crippen LogP contribution in [0.4, 0.5) is 11.4 Å². The summed E-state index contributed by atoms with van der Waals surface area (Å²) in [5.41, 5.74) is 6.69. The van der Waals surface area contributed by atoms with E-state index in [-0.39, 0.29) is 24.1 Å². The van der Waals surface area contributed by atoms with E-state index < -0.39 is 15.6 Å². The van der Waals surface area contributed by atoms with E-state index in [0.29, 0.717) is 23.4 Å². The molecule has 0 aliphatic carbocycles. The molecule has 2 aromatic carbocycles. The summed E-state index contributed by atoms with van der Waals surface area (Å²) >= 11 is 0. The molecule has 0 saturated heterocycles. The van der Waals surface area contributed by atoms with E-state index >= 15 is 0 Å². The Morgan fingerprint density at radius 1 is 1.04 bits per heavy atom. The highest BCUT2D eigenvalue weighted by atomic mass is 35.5. The van der Waals surface area contributed by atoms with Crippen LogP contribution in [0.2, 0.25) is 0 Å². The number of halogens is 1. The molecule has 1 unspecified atom stereocenters. The highest BCUT2D eigenvalue weighted by Gasteiger charge is 2.30. The summed E-state index contributed by atoms with van der Waals surface area (Å²) in [6, 6.07) is 15.5. The maximum atomic E-state index is 12.5. The Balaban J connectivity index is 0.00000338. The van der Waals surface area contributed by atoms with E-state index in [9.17, 15) is 13.2 Å². The summed E-state index contributed by atoms with van der Waals surface area (Å²) in [4.78, 5) is 12.5. The number of hydrogen-bond acceptors (Lipinski definition) is 4. The lowest BCUT2D eigenvalue weighted by Gasteiger charge is -2.24. The first-order chi connectivity index (χ1) is 11.7. The SMILES string of the molecule is CCCS(=O)(=O)Nc1ccc(NC(=O)C(C)(N)c2ccccc2)cc1.Cl. The number of amides is 1. The molecule has 6 nitrogen and oxygen atoms in total. The minimum absolute atomic E-state index is 0. The first kappa shape index (κ1) is 22.0. The predicted octanol–water partition coefficient (Wildman–Crippen LogP) is 3.07. The lowest BCUT2D eigenvalue weighted by atomic mass is 9.92. The molecule has 1 amide bonds. The van der Waals surface area contributed by atoms with Gasteiger partial charge >= 0.3 is 0 Å². The zero-order valence-electron chi connectivity index (χ0n) is 14.7. The molecule has 0 heterocycles. The maximum Gasteiger partial charge on any atom is 0.248 e. The smallest absolute Gasteiger partial charge is 0.248 e. The van der Waals surface area contributed by atoms with Gasteiger partial charge in [0.05, 0.1) is 5.75 Å². The van der Waals surface area contributed by atoms with E-state index in [2.05, 4.69) is 10.0 Å². The molecule has 1 atom stereocenters. The van der Waals surface area contributed by atoms with Crippen LogP contribution >= 0.6 is 12.4 Å². The maximum absolute atomic E-state index is 12.5. The van der Waals surface area contributed by atoms with Crippen LogP contribution in [0.25, 0.3) is 0 Å². The Bertz CT molecular complexity index is 823. The standard InChI is InChI=1S/C18H23N3O3S.ClH/c1-3-13-25(23,24)21-16-11-9-15(10-12-16)20-17(22)18(2,19)14-7-5-4-6-8-14;/h4-12,21H,3,13,19H2,1-2H3,(H,20,22);1H. The van der Waals surface area contributed by atoms with Crippen LogP contribution in [-0.4, -0.2) is 20.1 Å². The average Bonchev–Trinajstić information content (AvgIpc) is 2.57. The molecule has 0 bridgehead atoms. The van der Waals surface area contributed by atoms with Gasteiger partial charge in [-0.1, -0.05) is 37.3 Å². The Hall–Kier alpha value is -2.09. The molecule has 26 heavy (non-hydrogen) atoms. The Labute approximate surface area is 160 Å². The number of rotatable bonds is 7. The third-order valence-corrected chi connectivity index (χ3v) is 5.23. The minimum atomic E-state index is -3.34. The van der Waals surface area contributed by atoms with Gasteiger partial charge in [0.15, 0.2) is 0 Å². The van der Waals surface area contributed by atoms with Crippen molar-refractivity contribution in [2.24, 2.45) is 5.73 Å². The van der Waals surface area contributed by atoms with Crippen molar-refractivity contribution >= 4 is 39.7 Å². The van der Waals surface area contributed by atoms with Crippen LogP contribution in [0.3, 0.4) is 0 Å². The monoisotopic (exact) mass is 397 g/mol. The van der Waals surface area contributed by atoms with Crippen LogP contribution in [0, 0.1) is 0 Å². The predicted molar refractivity (Wildman–Crippen MR) is 108 cm³/mol. The average molecular weight is 398 g/mol. The Morgan fingerprint density at radius 2 is 1.58 bits per heavy atom. The third-order valence-electron chi connectivity index (χ3n) is 3.73. The van der Waals surface area contributed by atoms with Crippen LogP contribution in [0.15, 0.2) is 54.6 Å². The Kier molecular flexibility index (Phi) is 7.62. The van der Waals surface area contributed by atoms with Crippen molar-refractivity contribution in [1.29, 1.82) is 0 Å². The molecular weight excluding hydrogens is 374 g/mol. The van der Waals surface area contributed by atoms with Gasteiger partial charge in [0.25, 0.3) is 0 Å². The number of carbonyl (C=O) groups is 1. The van der Waals surface area contributed by atoms with E-state index in [0.717, 1.165) is 0 Å². The van der Waals surface area contributed by atoms with E-state index in [1.807, 2.05) is 18.2 Å². The van der Waals surface area contributed by atoms with Gasteiger partial charge in [-0.15, -0.1) is 12.4 Å². The summed E-state index contributed by atoms with van der Waals surface area (Å²) in [7, 11) is -3.34. The molecule has 4 N–H and O–H groups in total. The van der Waals surface area contributed by atoms with Crippen molar-refractivity contribution in [3.05, 3.63) is 60.2 Å². The second-order valence-electron chi connectivity index (χ2n) is 6.02. The van der Waals surface area contributed by atoms with Crippen molar-refractivity contribution in [2.45, 2.75) is 25.8 Å². The highest BCUT2D eigenvalue weighted by Crippen LogP contribution is 2.21. The van der Waals surface area contributed by atoms with Gasteiger partial charge in [0.2, 0.25) is 15.9 Å². The van der Waals surface area contributed by atoms with Crippen LogP contribution in [0.5, 0.6) is 0 Å². The lowest BCUT2D eigenvalue weighted by Crippen LogP contribution is -2.45. The summed E-state index contributed by atoms with van der Waals surface area (Å²) in [5.74, 6) is -0.285. The van der Waals surface area contributed by atoms with Gasteiger partial charge in [-0.05, 0) is 43.2 Å². The summed E-state index contributed by atoms with van der Waals surface area (Å²) < 4.78 is 26.0. The first-order valence-electron chi connectivity index (χ1n) is 8.01. The number of hydrogen-bond donors (Lipinski definition) is 3. The fourth-order valence-electron chi connectivity index (χ4n) is 2.30. The fourth-order valence-corrected chi connectivity index (χ4v) is 3.43. The lowest BCUT2D eigenvalue weighted by molar-refractivity contribution is -0.120. The van der Waals surface area contributed by atoms with Crippen LogP contribution < -0.4 is 15.8 Å². The topological polar surface area (TPSA) is 101 Å². The second-order valence-corrected chi connectivity index (χ2v) is 7.86. The molecule has 8 heteroatoms. The number of benzene rings is 2. The number of sulfonamides is 1. The molecule has 0 saturated carbocycles. The van der Waals surface area contributed by atoms with Gasteiger partial charge in [-0.25, -0.2) is 8.42 Å². The molecule has 2 aromatic rings. The molecule has 0 fully saturated rings. The molecule has 0 aliphatic rings. The van der Waals surface area contributed by atoms with Gasteiger partial charge in [0.1, 0.15) is 5.54 Å². The zero-order chi connectivity index (χ0) is 18.5. The molecule has 0 aromatic heterocycles. The summed E-state index contributed by atoms with van der Waals surface area (Å²) in [5, 5.41) is 2.75. The summed E-state index contributed by atoms with van der Waals surface area (Å²) in [6.07, 6.45) is 0.540. The Morgan fingerprint density at radius 3 is 2.12 bits per heavy atom. The van der Waals surface area contributed by atoms with Crippen LogP contribution in [0.1, 0.15) is 25.8 Å². The number of anilines is 2. The fraction of sp³-hybridized carbons (Fsp3) is 0.278. The van der Waals surface area contributed by atoms with E-state index in [1.165, 1.54) is 0 Å². The van der Waals surface area contributed by atoms with Crippen molar-refractivity contribution in [3.63, 3.8) is 0 Å². The third kappa shape index (κ3) is 5.72. The molecular formula is C18H24ClN3O3S. The molecule has 2 rings (SSSR count). The van der Waals surface area contributed by atoms with Crippen molar-refractivity contribution in [2.75, 3.05) is 15.8 Å². The molecule has 142 valence electrons. The van der Waals surface area contributed by atoms with E-state index in [4.69, 9.17) is 5.73 Å². The number of carbonyl (C=O) groups excluding carboxylic acids is 1.